The highest BCUT2D eigenvalue weighted by Gasteiger charge is 2.33. The number of benzene rings is 2. The largest absolute Gasteiger partial charge is 0.371 e. The maximum Gasteiger partial charge on any atom is 0.271 e. The van der Waals surface area contributed by atoms with Gasteiger partial charge < -0.3 is 25.4 Å². The molecule has 4 aromatic rings. The highest BCUT2D eigenvalue weighted by molar-refractivity contribution is 6.02. The lowest BCUT2D eigenvalue weighted by atomic mass is 9.91. The molecule has 13 heteroatoms. The van der Waals surface area contributed by atoms with Gasteiger partial charge >= 0.3 is 0 Å². The number of carbonyl (C=O) groups excluding carboxylic acids is 3. The third-order valence-electron chi connectivity index (χ3n) is 10.9. The van der Waals surface area contributed by atoms with Crippen molar-refractivity contribution in [3.8, 4) is 0 Å². The number of imide groups is 1. The standard InChI is InChI=1S/C37H43N9O4/c38-35(48)33-36(41-30(22-39-33)46-16-2-1-3-17-46)40-24-5-7-25(8-6-24)45-19-13-26(14-20-45)44-18-12-23-4-9-28-32(29-10-11-31(47)42-37(29)49)43-50-34(28)27(23)15-21-44/h4-9,22,26,29H,1-3,10-21H2,(H2,38,48)(H,40,41)(H,42,47,49). The SMILES string of the molecule is NC(=O)c1ncc(N2CCCCC2)nc1Nc1ccc(N2CCC(N3CCc4ccc5c(C6CCC(=O)NC6=O)noc5c4CC3)CC2)cc1. The van der Waals surface area contributed by atoms with Crippen LogP contribution in [0.1, 0.15) is 78.2 Å². The molecular weight excluding hydrogens is 634 g/mol. The van der Waals surface area contributed by atoms with Crippen molar-refractivity contribution in [1.82, 2.24) is 25.3 Å². The summed E-state index contributed by atoms with van der Waals surface area (Å²) in [6.07, 6.45) is 9.84. The van der Waals surface area contributed by atoms with Crippen LogP contribution in [0.4, 0.5) is 23.0 Å². The van der Waals surface area contributed by atoms with Gasteiger partial charge in [-0.05, 0) is 87.3 Å². The van der Waals surface area contributed by atoms with Crippen molar-refractivity contribution in [3.63, 3.8) is 0 Å². The van der Waals surface area contributed by atoms with E-state index in [0.29, 0.717) is 30.4 Å². The molecule has 3 fully saturated rings. The van der Waals surface area contributed by atoms with Crippen LogP contribution in [0.2, 0.25) is 0 Å². The van der Waals surface area contributed by atoms with E-state index in [1.807, 2.05) is 18.2 Å². The number of fused-ring (bicyclic) bond motifs is 3. The minimum atomic E-state index is -0.608. The van der Waals surface area contributed by atoms with Crippen molar-refractivity contribution in [2.24, 2.45) is 5.73 Å². The number of nitrogens with zero attached hydrogens (tertiary/aromatic N) is 6. The van der Waals surface area contributed by atoms with Crippen LogP contribution in [-0.2, 0) is 22.4 Å². The molecular formula is C37H43N9O4. The predicted octanol–water partition coefficient (Wildman–Crippen LogP) is 4.04. The quantitative estimate of drug-likeness (QED) is 0.242. The van der Waals surface area contributed by atoms with Crippen molar-refractivity contribution >= 4 is 51.7 Å². The molecule has 0 aliphatic carbocycles. The molecule has 8 rings (SSSR count). The lowest BCUT2D eigenvalue weighted by Crippen LogP contribution is -2.45. The first kappa shape index (κ1) is 32.2. The fraction of sp³-hybridized carbons (Fsp3) is 0.459. The zero-order chi connectivity index (χ0) is 34.2. The van der Waals surface area contributed by atoms with E-state index in [0.717, 1.165) is 100 Å². The number of rotatable bonds is 7. The fourth-order valence-electron chi connectivity index (χ4n) is 8.13. The monoisotopic (exact) mass is 677 g/mol. The Morgan fingerprint density at radius 2 is 1.66 bits per heavy atom. The molecule has 1 unspecified atom stereocenters. The number of carbonyl (C=O) groups is 3. The highest BCUT2D eigenvalue weighted by atomic mass is 16.5. The van der Waals surface area contributed by atoms with Crippen molar-refractivity contribution < 1.29 is 18.9 Å². The molecule has 3 saturated heterocycles. The summed E-state index contributed by atoms with van der Waals surface area (Å²) in [5.41, 5.74) is 11.7. The Morgan fingerprint density at radius 3 is 2.42 bits per heavy atom. The number of amides is 3. The summed E-state index contributed by atoms with van der Waals surface area (Å²) >= 11 is 0. The lowest BCUT2D eigenvalue weighted by Gasteiger charge is -2.39. The first-order chi connectivity index (χ1) is 24.4. The summed E-state index contributed by atoms with van der Waals surface area (Å²) in [6.45, 7) is 5.74. The van der Waals surface area contributed by atoms with Gasteiger partial charge in [0.2, 0.25) is 11.8 Å². The van der Waals surface area contributed by atoms with Crippen molar-refractivity contribution in [2.45, 2.75) is 69.7 Å². The molecule has 4 N–H and O–H groups in total. The van der Waals surface area contributed by atoms with Gasteiger partial charge in [0, 0.05) is 74.1 Å². The van der Waals surface area contributed by atoms with Gasteiger partial charge in [0.25, 0.3) is 5.91 Å². The molecule has 3 amide bonds. The van der Waals surface area contributed by atoms with E-state index >= 15 is 0 Å². The number of primary amides is 1. The van der Waals surface area contributed by atoms with Crippen LogP contribution in [-0.4, -0.2) is 83.1 Å². The van der Waals surface area contributed by atoms with E-state index < -0.39 is 11.8 Å². The summed E-state index contributed by atoms with van der Waals surface area (Å²) in [6, 6.07) is 13.0. The molecule has 0 saturated carbocycles. The molecule has 50 heavy (non-hydrogen) atoms. The normalized spacial score (nSPS) is 20.8. The molecule has 4 aliphatic heterocycles. The Balaban J connectivity index is 0.887. The minimum absolute atomic E-state index is 0.135. The van der Waals surface area contributed by atoms with E-state index in [4.69, 9.17) is 15.2 Å². The number of nitrogens with one attached hydrogen (secondary N) is 2. The van der Waals surface area contributed by atoms with Crippen LogP contribution in [0.5, 0.6) is 0 Å². The second-order valence-corrected chi connectivity index (χ2v) is 13.9. The molecule has 2 aromatic carbocycles. The first-order valence-electron chi connectivity index (χ1n) is 17.9. The van der Waals surface area contributed by atoms with Gasteiger partial charge in [0.15, 0.2) is 17.1 Å². The zero-order valence-electron chi connectivity index (χ0n) is 28.2. The van der Waals surface area contributed by atoms with Gasteiger partial charge in [0.05, 0.1) is 12.1 Å². The maximum atomic E-state index is 12.5. The third-order valence-corrected chi connectivity index (χ3v) is 10.9. The number of hydrogen-bond donors (Lipinski definition) is 3. The van der Waals surface area contributed by atoms with Gasteiger partial charge in [-0.3, -0.25) is 24.6 Å². The van der Waals surface area contributed by atoms with Gasteiger partial charge in [-0.2, -0.15) is 0 Å². The van der Waals surface area contributed by atoms with Gasteiger partial charge in [-0.15, -0.1) is 0 Å². The number of nitrogens with two attached hydrogens (primary N) is 1. The number of anilines is 4. The topological polar surface area (TPSA) is 163 Å². The van der Waals surface area contributed by atoms with Crippen LogP contribution in [0.15, 0.2) is 47.1 Å². The van der Waals surface area contributed by atoms with Crippen LogP contribution in [0, 0.1) is 0 Å². The molecule has 0 bridgehead atoms. The fourth-order valence-corrected chi connectivity index (χ4v) is 8.13. The molecule has 6 heterocycles. The van der Waals surface area contributed by atoms with Crippen molar-refractivity contribution in [2.75, 3.05) is 54.4 Å². The summed E-state index contributed by atoms with van der Waals surface area (Å²) < 4.78 is 5.89. The summed E-state index contributed by atoms with van der Waals surface area (Å²) in [5.74, 6) is -0.450. The molecule has 13 nitrogen and oxygen atoms in total. The summed E-state index contributed by atoms with van der Waals surface area (Å²) in [7, 11) is 0. The average Bonchev–Trinajstić information content (AvgIpc) is 3.44. The van der Waals surface area contributed by atoms with Crippen LogP contribution in [0.25, 0.3) is 11.0 Å². The Bertz CT molecular complexity index is 1910. The molecule has 2 aromatic heterocycles. The number of piperidine rings is 3. The second-order valence-electron chi connectivity index (χ2n) is 13.9. The van der Waals surface area contributed by atoms with Crippen LogP contribution >= 0.6 is 0 Å². The maximum absolute atomic E-state index is 12.5. The number of aromatic nitrogens is 3. The van der Waals surface area contributed by atoms with Crippen molar-refractivity contribution in [3.05, 3.63) is 65.1 Å². The smallest absolute Gasteiger partial charge is 0.271 e. The second kappa shape index (κ2) is 13.7. The first-order valence-corrected chi connectivity index (χ1v) is 17.9. The van der Waals surface area contributed by atoms with Crippen LogP contribution in [0.3, 0.4) is 0 Å². The molecule has 0 radical (unpaired) electrons. The zero-order valence-corrected chi connectivity index (χ0v) is 28.2. The minimum Gasteiger partial charge on any atom is -0.371 e. The third kappa shape index (κ3) is 6.37. The van der Waals surface area contributed by atoms with Crippen molar-refractivity contribution in [1.29, 1.82) is 0 Å². The summed E-state index contributed by atoms with van der Waals surface area (Å²) in [4.78, 5) is 52.7. The Labute approximate surface area is 290 Å². The van der Waals surface area contributed by atoms with E-state index in [1.54, 1.807) is 6.20 Å². The molecule has 1 atom stereocenters. The molecule has 260 valence electrons. The highest BCUT2D eigenvalue weighted by Crippen LogP contribution is 2.35. The molecule has 0 spiro atoms. The van der Waals surface area contributed by atoms with Gasteiger partial charge in [-0.1, -0.05) is 11.2 Å². The molecule has 4 aliphatic rings. The summed E-state index contributed by atoms with van der Waals surface area (Å²) in [5, 5.41) is 11.0. The Kier molecular flexibility index (Phi) is 8.82. The van der Waals surface area contributed by atoms with E-state index in [2.05, 4.69) is 53.7 Å². The van der Waals surface area contributed by atoms with E-state index in [-0.39, 0.29) is 17.5 Å². The van der Waals surface area contributed by atoms with E-state index in [9.17, 15) is 14.4 Å². The van der Waals surface area contributed by atoms with Gasteiger partial charge in [0.1, 0.15) is 11.5 Å². The van der Waals surface area contributed by atoms with E-state index in [1.165, 1.54) is 23.2 Å². The lowest BCUT2D eigenvalue weighted by molar-refractivity contribution is -0.134. The predicted molar refractivity (Wildman–Crippen MR) is 190 cm³/mol. The average molecular weight is 678 g/mol. The number of hydrogen-bond acceptors (Lipinski definition) is 11. The van der Waals surface area contributed by atoms with Crippen LogP contribution < -0.4 is 26.2 Å². The van der Waals surface area contributed by atoms with Gasteiger partial charge in [-0.25, -0.2) is 9.97 Å². The Morgan fingerprint density at radius 1 is 0.880 bits per heavy atom. The Hall–Kier alpha value is -5.04.